The van der Waals surface area contributed by atoms with E-state index in [2.05, 4.69) is 10.2 Å². The highest BCUT2D eigenvalue weighted by molar-refractivity contribution is 5.90. The van der Waals surface area contributed by atoms with Crippen molar-refractivity contribution in [3.05, 3.63) is 42.0 Å². The second kappa shape index (κ2) is 6.90. The largest absolute Gasteiger partial charge is 0.364 e. The third-order valence-corrected chi connectivity index (χ3v) is 4.67. The van der Waals surface area contributed by atoms with Crippen LogP contribution in [0.4, 0.5) is 0 Å². The molecule has 24 heavy (non-hydrogen) atoms. The lowest BCUT2D eigenvalue weighted by atomic mass is 9.94. The second-order valence-corrected chi connectivity index (χ2v) is 6.44. The molecule has 1 fully saturated rings. The molecule has 0 aromatic carbocycles. The van der Waals surface area contributed by atoms with Crippen molar-refractivity contribution in [3.63, 3.8) is 0 Å². The monoisotopic (exact) mass is 329 g/mol. The molecule has 128 valence electrons. The van der Waals surface area contributed by atoms with Crippen molar-refractivity contribution in [2.24, 2.45) is 5.73 Å². The summed E-state index contributed by atoms with van der Waals surface area (Å²) in [5.74, 6) is -0.206. The van der Waals surface area contributed by atoms with E-state index in [1.165, 1.54) is 0 Å². The van der Waals surface area contributed by atoms with Crippen molar-refractivity contribution < 1.29 is 9.59 Å². The fourth-order valence-electron chi connectivity index (χ4n) is 3.26. The van der Waals surface area contributed by atoms with Crippen LogP contribution in [-0.2, 0) is 4.79 Å². The summed E-state index contributed by atoms with van der Waals surface area (Å²) in [5, 5.41) is 6.82. The highest BCUT2D eigenvalue weighted by atomic mass is 16.2. The lowest BCUT2D eigenvalue weighted by molar-refractivity contribution is -0.133. The maximum absolute atomic E-state index is 12.6. The molecule has 1 saturated heterocycles. The minimum Gasteiger partial charge on any atom is -0.364 e. The third-order valence-electron chi connectivity index (χ3n) is 4.67. The molecule has 2 unspecified atom stereocenters. The van der Waals surface area contributed by atoms with E-state index in [-0.39, 0.29) is 23.6 Å². The first kappa shape index (κ1) is 16.3. The molecule has 0 aliphatic carbocycles. The third kappa shape index (κ3) is 3.50. The summed E-state index contributed by atoms with van der Waals surface area (Å²) in [6.45, 7) is 3.48. The van der Waals surface area contributed by atoms with Crippen molar-refractivity contribution in [2.75, 3.05) is 13.1 Å². The summed E-state index contributed by atoms with van der Waals surface area (Å²) in [4.78, 5) is 25.7. The summed E-state index contributed by atoms with van der Waals surface area (Å²) in [6.07, 6.45) is 6.35. The molecule has 3 heterocycles. The molecule has 2 amide bonds. The fourth-order valence-corrected chi connectivity index (χ4v) is 3.26. The van der Waals surface area contributed by atoms with Gasteiger partial charge < -0.3 is 15.2 Å². The standard InChI is InChI=1S/C17H23N5O2/c1-12(21-6-2-3-7-21)9-16(23)22-8-4-5-13(11-22)14-10-15(17(18)24)20-19-14/h2-3,6-7,10,12-13H,4-5,8-9,11H2,1H3,(H2,18,24)(H,19,20). The van der Waals surface area contributed by atoms with Crippen LogP contribution in [0.2, 0.25) is 0 Å². The molecule has 1 aliphatic heterocycles. The number of likely N-dealkylation sites (tertiary alicyclic amines) is 1. The summed E-state index contributed by atoms with van der Waals surface area (Å²) in [5.41, 5.74) is 6.36. The van der Waals surface area contributed by atoms with Crippen LogP contribution in [0.5, 0.6) is 0 Å². The molecule has 3 rings (SSSR count). The normalized spacial score (nSPS) is 19.2. The molecule has 0 radical (unpaired) electrons. The lowest BCUT2D eigenvalue weighted by Gasteiger charge is -2.33. The first-order valence-corrected chi connectivity index (χ1v) is 8.30. The Hall–Kier alpha value is -2.57. The topological polar surface area (TPSA) is 97.0 Å². The van der Waals surface area contributed by atoms with Crippen LogP contribution in [0, 0.1) is 0 Å². The molecule has 2 aromatic rings. The molecular weight excluding hydrogens is 306 g/mol. The van der Waals surface area contributed by atoms with Gasteiger partial charge in [0.25, 0.3) is 5.91 Å². The van der Waals surface area contributed by atoms with E-state index in [1.54, 1.807) is 6.07 Å². The van der Waals surface area contributed by atoms with E-state index >= 15 is 0 Å². The highest BCUT2D eigenvalue weighted by Gasteiger charge is 2.27. The smallest absolute Gasteiger partial charge is 0.269 e. The lowest BCUT2D eigenvalue weighted by Crippen LogP contribution is -2.39. The number of carbonyl (C=O) groups excluding carboxylic acids is 2. The van der Waals surface area contributed by atoms with E-state index in [9.17, 15) is 9.59 Å². The van der Waals surface area contributed by atoms with Gasteiger partial charge in [0.1, 0.15) is 5.69 Å². The number of amides is 2. The van der Waals surface area contributed by atoms with Crippen molar-refractivity contribution in [1.82, 2.24) is 19.7 Å². The summed E-state index contributed by atoms with van der Waals surface area (Å²) < 4.78 is 2.05. The molecule has 0 saturated carbocycles. The zero-order valence-corrected chi connectivity index (χ0v) is 13.8. The molecule has 7 nitrogen and oxygen atoms in total. The molecule has 2 atom stereocenters. The van der Waals surface area contributed by atoms with Crippen molar-refractivity contribution in [1.29, 1.82) is 0 Å². The van der Waals surface area contributed by atoms with Crippen LogP contribution in [-0.4, -0.2) is 44.6 Å². The Balaban J connectivity index is 1.62. The van der Waals surface area contributed by atoms with Crippen LogP contribution in [0.1, 0.15) is 54.3 Å². The maximum Gasteiger partial charge on any atom is 0.269 e. The number of nitrogens with one attached hydrogen (secondary N) is 1. The van der Waals surface area contributed by atoms with Gasteiger partial charge >= 0.3 is 0 Å². The molecule has 3 N–H and O–H groups in total. The molecule has 0 bridgehead atoms. The zero-order chi connectivity index (χ0) is 17.1. The van der Waals surface area contributed by atoms with Crippen molar-refractivity contribution in [3.8, 4) is 0 Å². The van der Waals surface area contributed by atoms with E-state index in [4.69, 9.17) is 5.73 Å². The summed E-state index contributed by atoms with van der Waals surface area (Å²) in [6, 6.07) is 5.77. The molecule has 0 spiro atoms. The van der Waals surface area contributed by atoms with Crippen LogP contribution in [0.3, 0.4) is 0 Å². The number of nitrogens with zero attached hydrogens (tertiary/aromatic N) is 3. The van der Waals surface area contributed by atoms with Gasteiger partial charge in [-0.3, -0.25) is 14.7 Å². The van der Waals surface area contributed by atoms with Crippen LogP contribution in [0.15, 0.2) is 30.6 Å². The predicted octanol–water partition coefficient (Wildman–Crippen LogP) is 1.67. The minimum absolute atomic E-state index is 0.140. The van der Waals surface area contributed by atoms with Gasteiger partial charge in [0.15, 0.2) is 0 Å². The van der Waals surface area contributed by atoms with Gasteiger partial charge in [0, 0.05) is 49.6 Å². The van der Waals surface area contributed by atoms with Crippen LogP contribution >= 0.6 is 0 Å². The number of H-pyrrole nitrogens is 1. The Morgan fingerprint density at radius 3 is 2.83 bits per heavy atom. The van der Waals surface area contributed by atoms with Gasteiger partial charge in [-0.05, 0) is 38.0 Å². The Morgan fingerprint density at radius 1 is 1.42 bits per heavy atom. The van der Waals surface area contributed by atoms with Crippen molar-refractivity contribution in [2.45, 2.75) is 38.1 Å². The second-order valence-electron chi connectivity index (χ2n) is 6.44. The Bertz CT molecular complexity index is 706. The highest BCUT2D eigenvalue weighted by Crippen LogP contribution is 2.27. The summed E-state index contributed by atoms with van der Waals surface area (Å²) in [7, 11) is 0. The maximum atomic E-state index is 12.6. The van der Waals surface area contributed by atoms with Gasteiger partial charge in [0.05, 0.1) is 0 Å². The predicted molar refractivity (Wildman–Crippen MR) is 89.4 cm³/mol. The van der Waals surface area contributed by atoms with Crippen LogP contribution in [0.25, 0.3) is 0 Å². The number of rotatable bonds is 5. The SMILES string of the molecule is CC(CC(=O)N1CCCC(c2cc(C(N)=O)n[nH]2)C1)n1cccc1. The number of hydrogen-bond acceptors (Lipinski definition) is 3. The van der Waals surface area contributed by atoms with Gasteiger partial charge in [-0.2, -0.15) is 5.10 Å². The first-order valence-electron chi connectivity index (χ1n) is 8.30. The van der Waals surface area contributed by atoms with Gasteiger partial charge in [-0.25, -0.2) is 0 Å². The van der Waals surface area contributed by atoms with E-state index in [0.717, 1.165) is 25.1 Å². The van der Waals surface area contributed by atoms with Gasteiger partial charge in [-0.15, -0.1) is 0 Å². The number of carbonyl (C=O) groups is 2. The number of primary amides is 1. The molecule has 2 aromatic heterocycles. The zero-order valence-electron chi connectivity index (χ0n) is 13.8. The first-order chi connectivity index (χ1) is 11.5. The van der Waals surface area contributed by atoms with Crippen molar-refractivity contribution >= 4 is 11.8 Å². The molecule has 7 heteroatoms. The minimum atomic E-state index is -0.540. The average Bonchev–Trinajstić information content (AvgIpc) is 3.26. The summed E-state index contributed by atoms with van der Waals surface area (Å²) >= 11 is 0. The fraction of sp³-hybridized carbons (Fsp3) is 0.471. The van der Waals surface area contributed by atoms with Gasteiger partial charge in [0.2, 0.25) is 5.91 Å². The Kier molecular flexibility index (Phi) is 4.69. The average molecular weight is 329 g/mol. The molecular formula is C17H23N5O2. The number of piperidine rings is 1. The van der Waals surface area contributed by atoms with E-state index in [0.29, 0.717) is 13.0 Å². The van der Waals surface area contributed by atoms with Gasteiger partial charge in [-0.1, -0.05) is 0 Å². The number of aromatic nitrogens is 3. The quantitative estimate of drug-likeness (QED) is 0.873. The van der Waals surface area contributed by atoms with E-state index < -0.39 is 5.91 Å². The Labute approximate surface area is 140 Å². The van der Waals surface area contributed by atoms with Crippen LogP contribution < -0.4 is 5.73 Å². The number of hydrogen-bond donors (Lipinski definition) is 2. The number of nitrogens with two attached hydrogens (primary N) is 1. The van der Waals surface area contributed by atoms with E-state index in [1.807, 2.05) is 40.9 Å². The molecule has 1 aliphatic rings. The Morgan fingerprint density at radius 2 is 2.17 bits per heavy atom. The number of aromatic amines is 1.